The van der Waals surface area contributed by atoms with Gasteiger partial charge < -0.3 is 18.9 Å². The van der Waals surface area contributed by atoms with Crippen molar-refractivity contribution in [3.8, 4) is 54.6 Å². The van der Waals surface area contributed by atoms with Crippen LogP contribution in [0.3, 0.4) is 0 Å². The monoisotopic (exact) mass is 1600 g/mol. The van der Waals surface area contributed by atoms with E-state index in [0.717, 1.165) is 274 Å². The van der Waals surface area contributed by atoms with Crippen molar-refractivity contribution in [3.63, 3.8) is 0 Å². The zero-order valence-corrected chi connectivity index (χ0v) is 69.5. The topological polar surface area (TPSA) is 127 Å². The van der Waals surface area contributed by atoms with Crippen LogP contribution in [0.5, 0.6) is 23.0 Å². The van der Waals surface area contributed by atoms with Gasteiger partial charge >= 0.3 is 0 Å². The minimum atomic E-state index is -0.752. The standard InChI is InChI=1S/C90H96Cl4N4O6S4/c1-9-15-21-27-29-35-41-101-79-61-47-66-82-88(86-68(90(104-82,39-33-25-19-13-5)40-34-26-20-14-6)46-56(106-86)44-64-76(74(54-96)98-8)58-50-70(92)72(94)52-60(58)78(64)100)108-84(66)80(102-42-36-30-28-22-16-10-2)62(61)48-65-81-87(107-83(65)79)85-67(89(103-81,37-31-23-17-11-3)38-32-24-18-12-4)45-55(105-85)43-63-75(73(53-95)97-7)57-49-69(91)71(93)51-59(57)77(63)99/h43-52H,9-42H2,1-6H3/b63-43-,64-44-,75-73+,76-74?. The third kappa shape index (κ3) is 16.4. The molecule has 0 bridgehead atoms. The molecule has 2 aliphatic carbocycles. The second kappa shape index (κ2) is 36.9. The molecule has 4 aromatic carbocycles. The maximum atomic E-state index is 14.8. The predicted molar refractivity (Wildman–Crippen MR) is 455 cm³/mol. The van der Waals surface area contributed by atoms with Gasteiger partial charge in [0.25, 0.3) is 11.4 Å². The number of benzene rings is 4. The molecule has 0 fully saturated rings. The van der Waals surface area contributed by atoms with E-state index >= 15 is 0 Å². The van der Waals surface area contributed by atoms with Crippen LogP contribution < -0.4 is 18.9 Å². The molecule has 108 heavy (non-hydrogen) atoms. The van der Waals surface area contributed by atoms with Crippen molar-refractivity contribution in [1.82, 2.24) is 0 Å². The fourth-order valence-corrected chi connectivity index (χ4v) is 22.0. The summed E-state index contributed by atoms with van der Waals surface area (Å²) in [7, 11) is 0. The van der Waals surface area contributed by atoms with Crippen LogP contribution in [0.25, 0.3) is 83.4 Å². The third-order valence-corrected chi connectivity index (χ3v) is 28.3. The Morgan fingerprint density at radius 3 is 1.06 bits per heavy atom. The van der Waals surface area contributed by atoms with Crippen LogP contribution in [0.4, 0.5) is 0 Å². The molecule has 0 amide bonds. The highest BCUT2D eigenvalue weighted by Crippen LogP contribution is 2.65. The number of halogens is 4. The fraction of sp³-hybridized carbons (Fsp3) is 0.467. The molecular formula is C90H96Cl4N4O6S4. The van der Waals surface area contributed by atoms with E-state index in [1.807, 2.05) is 12.2 Å². The minimum absolute atomic E-state index is 0.194. The molecular weight excluding hydrogens is 1500 g/mol. The number of hydrogen-bond acceptors (Lipinski definition) is 12. The predicted octanol–water partition coefficient (Wildman–Crippen LogP) is 30.7. The van der Waals surface area contributed by atoms with E-state index in [1.54, 1.807) is 69.6 Å². The Kier molecular flexibility index (Phi) is 27.6. The summed E-state index contributed by atoms with van der Waals surface area (Å²) in [6.07, 6.45) is 36.6. The van der Waals surface area contributed by atoms with E-state index in [4.69, 9.17) is 78.5 Å². The van der Waals surface area contributed by atoms with E-state index in [0.29, 0.717) is 35.5 Å². The molecule has 8 aromatic rings. The fourth-order valence-electron chi connectivity index (χ4n) is 16.3. The van der Waals surface area contributed by atoms with E-state index in [1.165, 1.54) is 25.7 Å². The molecule has 0 saturated heterocycles. The maximum absolute atomic E-state index is 14.8. The van der Waals surface area contributed by atoms with Crippen molar-refractivity contribution in [2.75, 3.05) is 13.2 Å². The highest BCUT2D eigenvalue weighted by atomic mass is 35.5. The molecule has 0 N–H and O–H groups in total. The number of thiophene rings is 4. The maximum Gasteiger partial charge on any atom is 0.270 e. The molecule has 12 rings (SSSR count). The summed E-state index contributed by atoms with van der Waals surface area (Å²) in [5, 5.41) is 25.7. The summed E-state index contributed by atoms with van der Waals surface area (Å²) in [5.74, 6) is 2.55. The first-order valence-corrected chi connectivity index (χ1v) is 44.4. The highest BCUT2D eigenvalue weighted by Gasteiger charge is 2.47. The minimum Gasteiger partial charge on any atom is -0.491 e. The average Bonchev–Trinajstić information content (AvgIpc) is 1.53. The Bertz CT molecular complexity index is 4680. The summed E-state index contributed by atoms with van der Waals surface area (Å²) in [5.41, 5.74) is 2.74. The zero-order chi connectivity index (χ0) is 76.2. The van der Waals surface area contributed by atoms with Gasteiger partial charge in [0.05, 0.1) is 87.5 Å². The number of carbonyl (C=O) groups excluding carboxylic acids is 2. The first-order chi connectivity index (χ1) is 52.6. The second-order valence-corrected chi connectivity index (χ2v) is 35.4. The first kappa shape index (κ1) is 80.6. The summed E-state index contributed by atoms with van der Waals surface area (Å²) in [6, 6.07) is 19.6. The van der Waals surface area contributed by atoms with Crippen LogP contribution in [-0.2, 0) is 11.2 Å². The third-order valence-electron chi connectivity index (χ3n) is 21.9. The smallest absolute Gasteiger partial charge is 0.270 e. The summed E-state index contributed by atoms with van der Waals surface area (Å²) in [6.45, 7) is 30.8. The number of Topliss-reactive ketones (excluding diaryl/α,β-unsaturated/α-hetero) is 2. The van der Waals surface area contributed by atoms with Crippen molar-refractivity contribution in [2.24, 2.45) is 0 Å². The van der Waals surface area contributed by atoms with Crippen LogP contribution in [0.15, 0.2) is 71.1 Å². The quantitative estimate of drug-likeness (QED) is 0.0162. The summed E-state index contributed by atoms with van der Waals surface area (Å²) >= 11 is 33.1. The molecule has 564 valence electrons. The molecule has 0 atom stereocenters. The molecule has 6 heterocycles. The van der Waals surface area contributed by atoms with E-state index < -0.39 is 11.2 Å². The summed E-state index contributed by atoms with van der Waals surface area (Å²) in [4.78, 5) is 42.7. The van der Waals surface area contributed by atoms with Crippen molar-refractivity contribution in [3.05, 3.63) is 157 Å². The van der Waals surface area contributed by atoms with Gasteiger partial charge in [-0.1, -0.05) is 229 Å². The average molecular weight is 1600 g/mol. The number of rotatable bonds is 38. The van der Waals surface area contributed by atoms with Crippen LogP contribution >= 0.6 is 91.8 Å². The molecule has 0 spiro atoms. The first-order valence-electron chi connectivity index (χ1n) is 39.6. The van der Waals surface area contributed by atoms with Gasteiger partial charge in [-0.05, 0) is 136 Å². The molecule has 0 saturated carbocycles. The second-order valence-electron chi connectivity index (χ2n) is 29.5. The number of ketones is 2. The number of allylic oxidation sites excluding steroid dienone is 6. The van der Waals surface area contributed by atoms with Crippen molar-refractivity contribution in [1.29, 1.82) is 10.5 Å². The Balaban J connectivity index is 1.12. The molecule has 4 aromatic heterocycles. The van der Waals surface area contributed by atoms with Gasteiger partial charge in [0.15, 0.2) is 11.6 Å². The SMILES string of the molecule is [C-]#[N+]C(C#N)=C1/C(=C/c2cc3c(s2)-c2sc4c(OCCCCCCCC)c5cc6c7c(sc6c(OCCCCCCCC)c5cc4c2OC3(CCCCCC)CCCCCC)-c2sc(/C=C3\C(=O)c4cc(Cl)c(Cl)cc4\C3=C(\C#N)[N+]#[C-])cc2C(CCCCCC)(CCCCCC)O7)C(=O)c2cc(Cl)c(Cl)cc21. The van der Waals surface area contributed by atoms with Gasteiger partial charge in [0, 0.05) is 75.8 Å². The van der Waals surface area contributed by atoms with Gasteiger partial charge in [-0.2, -0.15) is 0 Å². The lowest BCUT2D eigenvalue weighted by Crippen LogP contribution is -2.35. The molecule has 0 radical (unpaired) electrons. The number of ether oxygens (including phenoxy) is 4. The number of unbranched alkanes of at least 4 members (excludes halogenated alkanes) is 22. The van der Waals surface area contributed by atoms with Crippen LogP contribution in [-0.4, -0.2) is 24.8 Å². The van der Waals surface area contributed by atoms with Crippen LogP contribution in [0.2, 0.25) is 20.1 Å². The normalized spacial score (nSPS) is 16.0. The lowest BCUT2D eigenvalue weighted by Gasteiger charge is -2.39. The molecule has 18 heteroatoms. The number of hydrogen-bond donors (Lipinski definition) is 0. The molecule has 4 aliphatic rings. The van der Waals surface area contributed by atoms with Gasteiger partial charge in [0.1, 0.15) is 34.2 Å². The highest BCUT2D eigenvalue weighted by molar-refractivity contribution is 7.28. The van der Waals surface area contributed by atoms with Gasteiger partial charge in [0.2, 0.25) is 0 Å². The van der Waals surface area contributed by atoms with Gasteiger partial charge in [-0.3, -0.25) is 9.59 Å². The van der Waals surface area contributed by atoms with E-state index in [2.05, 4.69) is 87.6 Å². The van der Waals surface area contributed by atoms with Crippen molar-refractivity contribution < 1.29 is 28.5 Å². The van der Waals surface area contributed by atoms with Gasteiger partial charge in [-0.25, -0.2) is 20.2 Å². The number of nitriles is 2. The van der Waals surface area contributed by atoms with Crippen LogP contribution in [0, 0.1) is 35.8 Å². The summed E-state index contributed by atoms with van der Waals surface area (Å²) < 4.78 is 33.1. The Labute approximate surface area is 674 Å². The van der Waals surface area contributed by atoms with Crippen molar-refractivity contribution >= 4 is 158 Å². The molecule has 10 nitrogen and oxygen atoms in total. The number of carbonyl (C=O) groups is 2. The molecule has 0 unspecified atom stereocenters. The van der Waals surface area contributed by atoms with E-state index in [-0.39, 0.29) is 65.3 Å². The Morgan fingerprint density at radius 2 is 0.741 bits per heavy atom. The van der Waals surface area contributed by atoms with Crippen molar-refractivity contribution in [2.45, 2.75) is 258 Å². The lowest BCUT2D eigenvalue weighted by atomic mass is 9.81. The largest absolute Gasteiger partial charge is 0.491 e. The lowest BCUT2D eigenvalue weighted by molar-refractivity contribution is 0.0411. The zero-order valence-electron chi connectivity index (χ0n) is 63.2. The Hall–Kier alpha value is -6.92. The van der Waals surface area contributed by atoms with E-state index in [9.17, 15) is 20.1 Å². The number of fused-ring (bicyclic) bond motifs is 13. The van der Waals surface area contributed by atoms with Gasteiger partial charge in [-0.15, -0.1) is 45.3 Å². The van der Waals surface area contributed by atoms with Crippen LogP contribution in [0.1, 0.15) is 300 Å². The number of nitrogens with zero attached hydrogens (tertiary/aromatic N) is 4. The molecule has 2 aliphatic heterocycles. The Morgan fingerprint density at radius 1 is 0.426 bits per heavy atom.